The summed E-state index contributed by atoms with van der Waals surface area (Å²) in [4.78, 5) is 24.4. The van der Waals surface area contributed by atoms with Crippen LogP contribution in [0.25, 0.3) is 0 Å². The Labute approximate surface area is 146 Å². The van der Waals surface area contributed by atoms with Crippen LogP contribution in [0.1, 0.15) is 31.7 Å². The van der Waals surface area contributed by atoms with E-state index in [9.17, 15) is 9.59 Å². The van der Waals surface area contributed by atoms with Crippen LogP contribution in [0.2, 0.25) is 0 Å². The molecule has 1 unspecified atom stereocenters. The van der Waals surface area contributed by atoms with Gasteiger partial charge in [-0.1, -0.05) is 12.1 Å². The number of fused-ring (bicyclic) bond motifs is 1. The molecule has 3 rings (SSSR count). The first-order chi connectivity index (χ1) is 11.9. The van der Waals surface area contributed by atoms with E-state index in [1.807, 2.05) is 38.1 Å². The molecule has 1 aromatic carbocycles. The molecule has 1 aromatic heterocycles. The minimum absolute atomic E-state index is 0.0164. The molecule has 0 spiro atoms. The lowest BCUT2D eigenvalue weighted by atomic mass is 9.92. The van der Waals surface area contributed by atoms with Crippen LogP contribution in [0.4, 0.5) is 0 Å². The second-order valence-electron chi connectivity index (χ2n) is 7.19. The summed E-state index contributed by atoms with van der Waals surface area (Å²) in [6.07, 6.45) is 2.05. The van der Waals surface area contributed by atoms with Gasteiger partial charge in [-0.15, -0.1) is 0 Å². The van der Waals surface area contributed by atoms with E-state index in [0.717, 1.165) is 17.1 Å². The van der Waals surface area contributed by atoms with Crippen molar-refractivity contribution >= 4 is 5.91 Å². The third-order valence-electron chi connectivity index (χ3n) is 4.59. The number of aromatic nitrogens is 3. The highest BCUT2D eigenvalue weighted by Gasteiger charge is 2.30. The van der Waals surface area contributed by atoms with Gasteiger partial charge in [-0.2, -0.15) is 5.10 Å². The van der Waals surface area contributed by atoms with E-state index >= 15 is 0 Å². The van der Waals surface area contributed by atoms with Gasteiger partial charge in [-0.05, 0) is 44.4 Å². The first-order valence-electron chi connectivity index (χ1n) is 8.47. The molecule has 7 nitrogen and oxygen atoms in total. The number of carbonyl (C=O) groups is 1. The Hall–Kier alpha value is -2.57. The number of benzene rings is 1. The van der Waals surface area contributed by atoms with Gasteiger partial charge in [0.05, 0.1) is 13.0 Å². The van der Waals surface area contributed by atoms with E-state index in [0.29, 0.717) is 25.8 Å². The highest BCUT2D eigenvalue weighted by atomic mass is 16.5. The average Bonchev–Trinajstić information content (AvgIpc) is 2.95. The summed E-state index contributed by atoms with van der Waals surface area (Å²) in [5, 5.41) is 9.55. The van der Waals surface area contributed by atoms with Gasteiger partial charge in [0, 0.05) is 18.5 Å². The van der Waals surface area contributed by atoms with Gasteiger partial charge in [0.15, 0.2) is 0 Å². The van der Waals surface area contributed by atoms with Gasteiger partial charge in [0.1, 0.15) is 11.6 Å². The molecule has 0 radical (unpaired) electrons. The molecule has 0 saturated heterocycles. The van der Waals surface area contributed by atoms with Crippen LogP contribution in [0.15, 0.2) is 29.1 Å². The quantitative estimate of drug-likeness (QED) is 0.855. The van der Waals surface area contributed by atoms with Crippen LogP contribution < -0.4 is 15.7 Å². The van der Waals surface area contributed by atoms with E-state index in [2.05, 4.69) is 15.5 Å². The highest BCUT2D eigenvalue weighted by molar-refractivity contribution is 5.79. The summed E-state index contributed by atoms with van der Waals surface area (Å²) < 4.78 is 6.73. The molecule has 2 heterocycles. The van der Waals surface area contributed by atoms with Crippen molar-refractivity contribution in [3.63, 3.8) is 0 Å². The minimum atomic E-state index is -0.382. The monoisotopic (exact) mass is 344 g/mol. The molecule has 2 N–H and O–H groups in total. The maximum absolute atomic E-state index is 12.7. The van der Waals surface area contributed by atoms with Crippen LogP contribution >= 0.6 is 0 Å². The zero-order chi connectivity index (χ0) is 18.0. The number of hydrogen-bond donors (Lipinski definition) is 2. The van der Waals surface area contributed by atoms with Gasteiger partial charge in [0.2, 0.25) is 5.91 Å². The Kier molecular flexibility index (Phi) is 4.65. The molecule has 1 aliphatic heterocycles. The van der Waals surface area contributed by atoms with Crippen molar-refractivity contribution in [3.05, 3.63) is 46.1 Å². The van der Waals surface area contributed by atoms with Crippen LogP contribution in [-0.4, -0.2) is 33.3 Å². The number of methoxy groups -OCH3 is 1. The summed E-state index contributed by atoms with van der Waals surface area (Å²) in [5.74, 6) is 1.32. The van der Waals surface area contributed by atoms with E-state index in [1.165, 1.54) is 0 Å². The Morgan fingerprint density at radius 1 is 1.40 bits per heavy atom. The fourth-order valence-corrected chi connectivity index (χ4v) is 3.29. The van der Waals surface area contributed by atoms with Crippen LogP contribution in [0, 0.1) is 5.92 Å². The van der Waals surface area contributed by atoms with Crippen molar-refractivity contribution in [2.75, 3.05) is 7.11 Å². The van der Waals surface area contributed by atoms with Crippen molar-refractivity contribution in [1.29, 1.82) is 0 Å². The molecule has 0 bridgehead atoms. The van der Waals surface area contributed by atoms with Crippen molar-refractivity contribution in [3.8, 4) is 5.75 Å². The number of carbonyl (C=O) groups excluding carboxylic acids is 1. The zero-order valence-corrected chi connectivity index (χ0v) is 14.8. The van der Waals surface area contributed by atoms with Gasteiger partial charge in [0.25, 0.3) is 0 Å². The second kappa shape index (κ2) is 6.74. The van der Waals surface area contributed by atoms with E-state index in [1.54, 1.807) is 11.7 Å². The third kappa shape index (κ3) is 3.92. The molecular formula is C18H24N4O3. The maximum atomic E-state index is 12.7. The van der Waals surface area contributed by atoms with Crippen LogP contribution in [-0.2, 0) is 24.2 Å². The number of ether oxygens (including phenoxy) is 1. The molecule has 0 aliphatic carbocycles. The normalized spacial score (nSPS) is 17.0. The molecule has 2 aromatic rings. The van der Waals surface area contributed by atoms with Gasteiger partial charge >= 0.3 is 5.69 Å². The highest BCUT2D eigenvalue weighted by Crippen LogP contribution is 2.20. The number of aryl methyl sites for hydroxylation is 1. The Balaban J connectivity index is 1.63. The number of H-pyrrole nitrogens is 1. The zero-order valence-electron chi connectivity index (χ0n) is 14.8. The Morgan fingerprint density at radius 3 is 2.80 bits per heavy atom. The van der Waals surface area contributed by atoms with Gasteiger partial charge in [-0.3, -0.25) is 9.36 Å². The fourth-order valence-electron chi connectivity index (χ4n) is 3.29. The molecule has 0 saturated carbocycles. The smallest absolute Gasteiger partial charge is 0.343 e. The summed E-state index contributed by atoms with van der Waals surface area (Å²) in [6, 6.07) is 7.84. The Bertz CT molecular complexity index is 804. The largest absolute Gasteiger partial charge is 0.497 e. The van der Waals surface area contributed by atoms with Crippen molar-refractivity contribution in [1.82, 2.24) is 20.1 Å². The molecule has 1 amide bonds. The molecule has 134 valence electrons. The lowest BCUT2D eigenvalue weighted by Gasteiger charge is -2.30. The number of nitrogens with zero attached hydrogens (tertiary/aromatic N) is 2. The number of hydrogen-bond acceptors (Lipinski definition) is 4. The lowest BCUT2D eigenvalue weighted by Crippen LogP contribution is -2.49. The van der Waals surface area contributed by atoms with Gasteiger partial charge in [-0.25, -0.2) is 9.89 Å². The standard InChI is InChI=1S/C18H24N4O3/c1-18(2,10-12-4-7-14(25-3)8-5-12)19-16(23)13-6-9-15-20-21-17(24)22(15)11-13/h4-5,7-8,13H,6,9-11H2,1-3H3,(H,19,23)(H,21,24). The maximum Gasteiger partial charge on any atom is 0.343 e. The lowest BCUT2D eigenvalue weighted by molar-refractivity contribution is -0.127. The van der Waals surface area contributed by atoms with E-state index in [-0.39, 0.29) is 23.1 Å². The first kappa shape index (κ1) is 17.3. The predicted octanol–water partition coefficient (Wildman–Crippen LogP) is 1.28. The predicted molar refractivity (Wildman–Crippen MR) is 93.6 cm³/mol. The number of nitrogens with one attached hydrogen (secondary N) is 2. The molecule has 25 heavy (non-hydrogen) atoms. The summed E-state index contributed by atoms with van der Waals surface area (Å²) in [5.41, 5.74) is 0.501. The second-order valence-corrected chi connectivity index (χ2v) is 7.19. The van der Waals surface area contributed by atoms with Crippen molar-refractivity contribution < 1.29 is 9.53 Å². The van der Waals surface area contributed by atoms with Crippen LogP contribution in [0.3, 0.4) is 0 Å². The minimum Gasteiger partial charge on any atom is -0.497 e. The van der Waals surface area contributed by atoms with Gasteiger partial charge < -0.3 is 10.1 Å². The SMILES string of the molecule is COc1ccc(CC(C)(C)NC(=O)C2CCc3n[nH]c(=O)n3C2)cc1. The number of amides is 1. The molecule has 7 heteroatoms. The fraction of sp³-hybridized carbons (Fsp3) is 0.500. The number of rotatable bonds is 5. The van der Waals surface area contributed by atoms with Crippen LogP contribution in [0.5, 0.6) is 5.75 Å². The topological polar surface area (TPSA) is 89.0 Å². The first-order valence-corrected chi connectivity index (χ1v) is 8.47. The summed E-state index contributed by atoms with van der Waals surface area (Å²) in [6.45, 7) is 4.40. The Morgan fingerprint density at radius 2 is 2.12 bits per heavy atom. The summed E-state index contributed by atoms with van der Waals surface area (Å²) in [7, 11) is 1.64. The summed E-state index contributed by atoms with van der Waals surface area (Å²) >= 11 is 0. The molecule has 1 atom stereocenters. The van der Waals surface area contributed by atoms with Crippen molar-refractivity contribution in [2.45, 2.75) is 45.2 Å². The molecule has 0 fully saturated rings. The van der Waals surface area contributed by atoms with Crippen molar-refractivity contribution in [2.24, 2.45) is 5.92 Å². The molecular weight excluding hydrogens is 320 g/mol. The number of aromatic amines is 1. The molecule has 1 aliphatic rings. The third-order valence-corrected chi connectivity index (χ3v) is 4.59. The van der Waals surface area contributed by atoms with E-state index in [4.69, 9.17) is 4.74 Å². The average molecular weight is 344 g/mol. The van der Waals surface area contributed by atoms with E-state index < -0.39 is 0 Å².